The number of hydrogen-bond acceptors (Lipinski definition) is 3. The maximum Gasteiger partial charge on any atom is 0.191 e. The van der Waals surface area contributed by atoms with Crippen molar-refractivity contribution in [3.8, 4) is 0 Å². The van der Waals surface area contributed by atoms with Crippen molar-refractivity contribution < 1.29 is 4.79 Å². The number of nitrogens with one attached hydrogen (secondary N) is 2. The Morgan fingerprint density at radius 1 is 1.11 bits per heavy atom. The number of hydrogen-bond donors (Lipinski definition) is 2. The number of rotatable bonds is 2. The van der Waals surface area contributed by atoms with E-state index in [9.17, 15) is 4.79 Å². The normalized spacial score (nSPS) is 16.9. The zero-order valence-corrected chi connectivity index (χ0v) is 10.6. The second-order valence-electron chi connectivity index (χ2n) is 4.77. The molecule has 1 atom stereocenters. The minimum Gasteiger partial charge on any atom is -0.370 e. The van der Waals surface area contributed by atoms with E-state index in [1.807, 2.05) is 55.5 Å². The lowest BCUT2D eigenvalue weighted by atomic mass is 9.99. The molecular formula is C16H14N2O. The maximum absolute atomic E-state index is 12.4. The van der Waals surface area contributed by atoms with E-state index in [1.165, 1.54) is 0 Å². The number of Topliss-reactive ketones (excluding diaryl/α,β-unsaturated/α-hetero) is 1. The Labute approximate surface area is 111 Å². The number of aryl methyl sites for hydroxylation is 1. The van der Waals surface area contributed by atoms with Gasteiger partial charge in [0.25, 0.3) is 0 Å². The summed E-state index contributed by atoms with van der Waals surface area (Å²) in [6.07, 6.45) is 0. The number of fused-ring (bicyclic) bond motifs is 1. The lowest BCUT2D eigenvalue weighted by Crippen LogP contribution is -2.32. The van der Waals surface area contributed by atoms with Crippen molar-refractivity contribution in [3.63, 3.8) is 0 Å². The molecule has 0 radical (unpaired) electrons. The molecule has 0 unspecified atom stereocenters. The summed E-state index contributed by atoms with van der Waals surface area (Å²) in [5.41, 5.74) is 3.78. The molecule has 0 amide bonds. The Balaban J connectivity index is 1.91. The molecule has 19 heavy (non-hydrogen) atoms. The Morgan fingerprint density at radius 3 is 2.47 bits per heavy atom. The summed E-state index contributed by atoms with van der Waals surface area (Å²) in [5, 5.41) is 11.2. The molecule has 0 spiro atoms. The van der Waals surface area contributed by atoms with E-state index in [-0.39, 0.29) is 5.78 Å². The highest BCUT2D eigenvalue weighted by Crippen LogP contribution is 2.26. The molecular weight excluding hydrogens is 236 g/mol. The molecule has 0 aliphatic carbocycles. The highest BCUT2D eigenvalue weighted by Gasteiger charge is 2.32. The third kappa shape index (κ3) is 1.93. The van der Waals surface area contributed by atoms with Gasteiger partial charge in [0.05, 0.1) is 5.71 Å². The fourth-order valence-corrected chi connectivity index (χ4v) is 2.31. The number of benzene rings is 2. The number of ketones is 1. The summed E-state index contributed by atoms with van der Waals surface area (Å²) < 4.78 is 0. The smallest absolute Gasteiger partial charge is 0.191 e. The second kappa shape index (κ2) is 4.35. The lowest BCUT2D eigenvalue weighted by Gasteiger charge is -2.10. The van der Waals surface area contributed by atoms with Gasteiger partial charge in [-0.25, -0.2) is 0 Å². The van der Waals surface area contributed by atoms with Crippen molar-refractivity contribution in [2.45, 2.75) is 13.0 Å². The summed E-state index contributed by atoms with van der Waals surface area (Å²) in [6, 6.07) is 14.4. The maximum atomic E-state index is 12.4. The molecule has 2 aromatic carbocycles. The van der Waals surface area contributed by atoms with Crippen molar-refractivity contribution in [1.82, 2.24) is 0 Å². The highest BCUT2D eigenvalue weighted by molar-refractivity contribution is 6.26. The average Bonchev–Trinajstić information content (AvgIpc) is 2.77. The van der Waals surface area contributed by atoms with Crippen LogP contribution in [0.2, 0.25) is 0 Å². The third-order valence-electron chi connectivity index (χ3n) is 3.40. The van der Waals surface area contributed by atoms with Gasteiger partial charge in [-0.05, 0) is 13.0 Å². The number of para-hydroxylation sites is 1. The molecule has 0 saturated carbocycles. The van der Waals surface area contributed by atoms with Gasteiger partial charge in [0.15, 0.2) is 5.78 Å². The number of carbonyl (C=O) groups is 1. The van der Waals surface area contributed by atoms with E-state index in [1.54, 1.807) is 0 Å². The Hall–Kier alpha value is -2.42. The summed E-state index contributed by atoms with van der Waals surface area (Å²) in [4.78, 5) is 12.4. The molecule has 2 aromatic rings. The SMILES string of the molecule is Cc1ccc(C(=O)[C@H]2Nc3ccccc3C2=N)cc1. The molecule has 0 bridgehead atoms. The molecule has 0 aromatic heterocycles. The van der Waals surface area contributed by atoms with E-state index in [0.717, 1.165) is 16.8 Å². The lowest BCUT2D eigenvalue weighted by molar-refractivity contribution is 0.0991. The Bertz CT molecular complexity index is 659. The van der Waals surface area contributed by atoms with Crippen LogP contribution in [-0.2, 0) is 0 Å². The third-order valence-corrected chi connectivity index (χ3v) is 3.40. The Kier molecular flexibility index (Phi) is 2.67. The van der Waals surface area contributed by atoms with Gasteiger partial charge in [-0.3, -0.25) is 4.79 Å². The van der Waals surface area contributed by atoms with Crippen molar-refractivity contribution in [1.29, 1.82) is 5.41 Å². The number of carbonyl (C=O) groups excluding carboxylic acids is 1. The van der Waals surface area contributed by atoms with Crippen LogP contribution in [0.25, 0.3) is 0 Å². The van der Waals surface area contributed by atoms with E-state index >= 15 is 0 Å². The van der Waals surface area contributed by atoms with Crippen LogP contribution in [0.5, 0.6) is 0 Å². The van der Waals surface area contributed by atoms with Crippen LogP contribution in [0.1, 0.15) is 21.5 Å². The van der Waals surface area contributed by atoms with E-state index in [2.05, 4.69) is 5.32 Å². The zero-order valence-electron chi connectivity index (χ0n) is 10.6. The predicted molar refractivity (Wildman–Crippen MR) is 76.2 cm³/mol. The first-order valence-electron chi connectivity index (χ1n) is 6.22. The molecule has 3 rings (SSSR count). The fourth-order valence-electron chi connectivity index (χ4n) is 2.31. The van der Waals surface area contributed by atoms with Gasteiger partial charge in [-0.15, -0.1) is 0 Å². The molecule has 94 valence electrons. The average molecular weight is 250 g/mol. The van der Waals surface area contributed by atoms with E-state index in [0.29, 0.717) is 11.3 Å². The summed E-state index contributed by atoms with van der Waals surface area (Å²) in [6.45, 7) is 1.99. The molecule has 1 aliphatic heterocycles. The van der Waals surface area contributed by atoms with Crippen LogP contribution >= 0.6 is 0 Å². The largest absolute Gasteiger partial charge is 0.370 e. The van der Waals surface area contributed by atoms with E-state index < -0.39 is 6.04 Å². The molecule has 3 nitrogen and oxygen atoms in total. The molecule has 0 saturated heterocycles. The highest BCUT2D eigenvalue weighted by atomic mass is 16.1. The van der Waals surface area contributed by atoms with Crippen molar-refractivity contribution in [2.75, 3.05) is 5.32 Å². The van der Waals surface area contributed by atoms with Crippen LogP contribution in [0.4, 0.5) is 5.69 Å². The van der Waals surface area contributed by atoms with Gasteiger partial charge < -0.3 is 10.7 Å². The monoisotopic (exact) mass is 250 g/mol. The Morgan fingerprint density at radius 2 is 1.79 bits per heavy atom. The second-order valence-corrected chi connectivity index (χ2v) is 4.77. The van der Waals surface area contributed by atoms with Gasteiger partial charge in [-0.2, -0.15) is 0 Å². The van der Waals surface area contributed by atoms with Crippen molar-refractivity contribution in [3.05, 3.63) is 65.2 Å². The molecule has 1 aliphatic rings. The quantitative estimate of drug-likeness (QED) is 0.805. The first-order chi connectivity index (χ1) is 9.16. The van der Waals surface area contributed by atoms with Gasteiger partial charge in [0.2, 0.25) is 0 Å². The van der Waals surface area contributed by atoms with Crippen LogP contribution in [0.15, 0.2) is 48.5 Å². The molecule has 2 N–H and O–H groups in total. The molecule has 1 heterocycles. The van der Waals surface area contributed by atoms with Crippen LogP contribution in [-0.4, -0.2) is 17.5 Å². The van der Waals surface area contributed by atoms with Crippen LogP contribution in [0.3, 0.4) is 0 Å². The topological polar surface area (TPSA) is 53.0 Å². The van der Waals surface area contributed by atoms with Crippen molar-refractivity contribution in [2.24, 2.45) is 0 Å². The first kappa shape index (κ1) is 11.7. The fraction of sp³-hybridized carbons (Fsp3) is 0.125. The van der Waals surface area contributed by atoms with Crippen LogP contribution < -0.4 is 5.32 Å². The standard InChI is InChI=1S/C16H14N2O/c1-10-6-8-11(9-7-10)16(19)15-14(17)12-4-2-3-5-13(12)18-15/h2-9,15,17-18H,1H3/t15-/m0/s1. The molecule has 0 fully saturated rings. The van der Waals surface area contributed by atoms with Gasteiger partial charge in [-0.1, -0.05) is 48.0 Å². The molecule has 3 heteroatoms. The van der Waals surface area contributed by atoms with E-state index in [4.69, 9.17) is 5.41 Å². The predicted octanol–water partition coefficient (Wildman–Crippen LogP) is 3.04. The zero-order chi connectivity index (χ0) is 13.4. The van der Waals surface area contributed by atoms with Gasteiger partial charge >= 0.3 is 0 Å². The minimum atomic E-state index is -0.569. The van der Waals surface area contributed by atoms with Crippen LogP contribution in [0, 0.1) is 12.3 Å². The van der Waals surface area contributed by atoms with Crippen molar-refractivity contribution >= 4 is 17.2 Å². The van der Waals surface area contributed by atoms with Gasteiger partial charge in [0, 0.05) is 16.8 Å². The summed E-state index contributed by atoms with van der Waals surface area (Å²) >= 11 is 0. The summed E-state index contributed by atoms with van der Waals surface area (Å²) in [7, 11) is 0. The number of anilines is 1. The minimum absolute atomic E-state index is 0.0544. The van der Waals surface area contributed by atoms with Gasteiger partial charge in [0.1, 0.15) is 6.04 Å². The summed E-state index contributed by atoms with van der Waals surface area (Å²) in [5.74, 6) is -0.0544. The first-order valence-corrected chi connectivity index (χ1v) is 6.22.